The van der Waals surface area contributed by atoms with Crippen molar-refractivity contribution in [1.29, 1.82) is 0 Å². The Morgan fingerprint density at radius 3 is 2.80 bits per heavy atom. The molecule has 2 aromatic rings. The molecule has 0 bridgehead atoms. The molecule has 0 fully saturated rings. The minimum atomic E-state index is -0.0335. The van der Waals surface area contributed by atoms with E-state index < -0.39 is 0 Å². The molecule has 0 radical (unpaired) electrons. The van der Waals surface area contributed by atoms with E-state index in [9.17, 15) is 4.79 Å². The molecule has 3 nitrogen and oxygen atoms in total. The second-order valence-corrected chi connectivity index (χ2v) is 6.79. The monoisotopic (exact) mass is 352 g/mol. The van der Waals surface area contributed by atoms with Gasteiger partial charge in [-0.05, 0) is 64.5 Å². The Morgan fingerprint density at radius 1 is 1.35 bits per heavy atom. The molecule has 20 heavy (non-hydrogen) atoms. The van der Waals surface area contributed by atoms with Crippen LogP contribution in [0, 0.1) is 6.92 Å². The summed E-state index contributed by atoms with van der Waals surface area (Å²) in [5.74, 6) is -0.0335. The van der Waals surface area contributed by atoms with Crippen LogP contribution in [0.5, 0.6) is 0 Å². The molecule has 1 heterocycles. The number of amides is 1. The quantitative estimate of drug-likeness (QED) is 0.847. The van der Waals surface area contributed by atoms with E-state index in [1.807, 2.05) is 32.0 Å². The molecule has 2 N–H and O–H groups in total. The molecule has 0 spiro atoms. The lowest BCUT2D eigenvalue weighted by molar-refractivity contribution is 0.0956. The van der Waals surface area contributed by atoms with Crippen LogP contribution in [0.2, 0.25) is 0 Å². The summed E-state index contributed by atoms with van der Waals surface area (Å²) < 4.78 is 1.13. The summed E-state index contributed by atoms with van der Waals surface area (Å²) in [6.45, 7) is 5.34. The third-order valence-electron chi connectivity index (χ3n) is 2.94. The maximum atomic E-state index is 11.8. The summed E-state index contributed by atoms with van der Waals surface area (Å²) >= 11 is 5.13. The molecule has 0 aliphatic rings. The molecule has 5 heteroatoms. The Hall–Kier alpha value is -1.33. The minimum absolute atomic E-state index is 0.0335. The number of nitrogens with one attached hydrogen (secondary N) is 2. The van der Waals surface area contributed by atoms with Gasteiger partial charge in [-0.1, -0.05) is 6.07 Å². The predicted molar refractivity (Wildman–Crippen MR) is 88.5 cm³/mol. The number of hydrogen-bond donors (Lipinski definition) is 2. The molecular weight excluding hydrogens is 336 g/mol. The summed E-state index contributed by atoms with van der Waals surface area (Å²) in [5.41, 5.74) is 4.04. The normalized spacial score (nSPS) is 10.3. The Bertz CT molecular complexity index is 610. The molecule has 106 valence electrons. The Labute approximate surface area is 131 Å². The lowest BCUT2D eigenvalue weighted by atomic mass is 10.1. The zero-order valence-corrected chi connectivity index (χ0v) is 13.9. The summed E-state index contributed by atoms with van der Waals surface area (Å²) in [6.07, 6.45) is 0. The first kappa shape index (κ1) is 15.1. The number of carbonyl (C=O) groups excluding carboxylic acids is 1. The van der Waals surface area contributed by atoms with E-state index in [1.165, 1.54) is 5.56 Å². The van der Waals surface area contributed by atoms with E-state index in [0.717, 1.165) is 21.6 Å². The van der Waals surface area contributed by atoms with Crippen molar-refractivity contribution in [3.8, 4) is 0 Å². The zero-order valence-electron chi connectivity index (χ0n) is 11.5. The Kier molecular flexibility index (Phi) is 5.20. The van der Waals surface area contributed by atoms with E-state index in [4.69, 9.17) is 0 Å². The van der Waals surface area contributed by atoms with Gasteiger partial charge in [0.2, 0.25) is 0 Å². The van der Waals surface area contributed by atoms with Gasteiger partial charge >= 0.3 is 0 Å². The fourth-order valence-corrected chi connectivity index (χ4v) is 3.06. The Balaban J connectivity index is 2.10. The molecule has 0 unspecified atom stereocenters. The zero-order chi connectivity index (χ0) is 14.5. The van der Waals surface area contributed by atoms with Crippen LogP contribution in [0.25, 0.3) is 0 Å². The second-order valence-electron chi connectivity index (χ2n) is 4.50. The van der Waals surface area contributed by atoms with Crippen LogP contribution in [0.15, 0.2) is 33.4 Å². The number of aryl methyl sites for hydroxylation is 1. The van der Waals surface area contributed by atoms with E-state index in [-0.39, 0.29) is 5.91 Å². The lowest BCUT2D eigenvalue weighted by Crippen LogP contribution is -2.22. The first-order chi connectivity index (χ1) is 9.60. The van der Waals surface area contributed by atoms with Crippen LogP contribution in [0.1, 0.15) is 28.4 Å². The van der Waals surface area contributed by atoms with Crippen LogP contribution in [0.3, 0.4) is 0 Å². The maximum absolute atomic E-state index is 11.8. The van der Waals surface area contributed by atoms with Crippen LogP contribution >= 0.6 is 27.3 Å². The highest BCUT2D eigenvalue weighted by atomic mass is 79.9. The molecule has 0 atom stereocenters. The third kappa shape index (κ3) is 3.84. The van der Waals surface area contributed by atoms with E-state index in [1.54, 1.807) is 11.3 Å². The van der Waals surface area contributed by atoms with E-state index in [2.05, 4.69) is 38.0 Å². The number of benzene rings is 1. The molecule has 1 aromatic heterocycles. The topological polar surface area (TPSA) is 41.1 Å². The molecule has 1 aromatic carbocycles. The molecule has 0 aliphatic carbocycles. The maximum Gasteiger partial charge on any atom is 0.251 e. The van der Waals surface area contributed by atoms with Crippen molar-refractivity contribution >= 4 is 38.9 Å². The van der Waals surface area contributed by atoms with Gasteiger partial charge in [-0.2, -0.15) is 0 Å². The summed E-state index contributed by atoms with van der Waals surface area (Å²) in [7, 11) is 0. The molecule has 0 saturated carbocycles. The molecule has 1 amide bonds. The average molecular weight is 353 g/mol. The van der Waals surface area contributed by atoms with Crippen molar-refractivity contribution in [2.24, 2.45) is 0 Å². The average Bonchev–Trinajstić information content (AvgIpc) is 2.84. The second kappa shape index (κ2) is 6.90. The minimum Gasteiger partial charge on any atom is -0.381 e. The molecular formula is C15H17BrN2OS. The van der Waals surface area contributed by atoms with Gasteiger partial charge in [0.15, 0.2) is 0 Å². The molecule has 0 saturated heterocycles. The van der Waals surface area contributed by atoms with Gasteiger partial charge in [0.1, 0.15) is 0 Å². The van der Waals surface area contributed by atoms with E-state index in [0.29, 0.717) is 12.1 Å². The van der Waals surface area contributed by atoms with Crippen LogP contribution < -0.4 is 10.6 Å². The van der Waals surface area contributed by atoms with Gasteiger partial charge < -0.3 is 10.6 Å². The molecule has 0 aliphatic heterocycles. The highest BCUT2D eigenvalue weighted by molar-refractivity contribution is 9.11. The van der Waals surface area contributed by atoms with Crippen molar-refractivity contribution in [1.82, 2.24) is 5.32 Å². The predicted octanol–water partition coefficient (Wildman–Crippen LogP) is 4.18. The number of rotatable bonds is 5. The van der Waals surface area contributed by atoms with Crippen molar-refractivity contribution < 1.29 is 4.79 Å². The van der Waals surface area contributed by atoms with Crippen molar-refractivity contribution in [3.63, 3.8) is 0 Å². The van der Waals surface area contributed by atoms with Gasteiger partial charge in [-0.25, -0.2) is 0 Å². The van der Waals surface area contributed by atoms with Gasteiger partial charge in [0.05, 0.1) is 3.79 Å². The number of halogens is 1. The standard InChI is InChI=1S/C15H17BrN2OS/c1-3-17-15(19)12-5-4-10(2)13(7-12)18-8-11-6-14(16)20-9-11/h4-7,9,18H,3,8H2,1-2H3,(H,17,19). The summed E-state index contributed by atoms with van der Waals surface area (Å²) in [6, 6.07) is 7.82. The van der Waals surface area contributed by atoms with Gasteiger partial charge in [0.25, 0.3) is 5.91 Å². The van der Waals surface area contributed by atoms with Crippen LogP contribution in [0.4, 0.5) is 5.69 Å². The first-order valence-electron chi connectivity index (χ1n) is 6.45. The summed E-state index contributed by atoms with van der Waals surface area (Å²) in [4.78, 5) is 11.8. The lowest BCUT2D eigenvalue weighted by Gasteiger charge is -2.11. The van der Waals surface area contributed by atoms with Crippen molar-refractivity contribution in [2.75, 3.05) is 11.9 Å². The fraction of sp³-hybridized carbons (Fsp3) is 0.267. The fourth-order valence-electron chi connectivity index (χ4n) is 1.85. The smallest absolute Gasteiger partial charge is 0.251 e. The van der Waals surface area contributed by atoms with Gasteiger partial charge in [-0.3, -0.25) is 4.79 Å². The highest BCUT2D eigenvalue weighted by Crippen LogP contribution is 2.23. The number of thiophene rings is 1. The number of anilines is 1. The first-order valence-corrected chi connectivity index (χ1v) is 8.13. The number of carbonyl (C=O) groups is 1. The van der Waals surface area contributed by atoms with E-state index >= 15 is 0 Å². The largest absolute Gasteiger partial charge is 0.381 e. The number of hydrogen-bond acceptors (Lipinski definition) is 3. The van der Waals surface area contributed by atoms with Crippen LogP contribution in [-0.2, 0) is 6.54 Å². The SMILES string of the molecule is CCNC(=O)c1ccc(C)c(NCc2csc(Br)c2)c1. The van der Waals surface area contributed by atoms with Crippen LogP contribution in [-0.4, -0.2) is 12.5 Å². The highest BCUT2D eigenvalue weighted by Gasteiger charge is 2.07. The van der Waals surface area contributed by atoms with Crippen molar-refractivity contribution in [3.05, 3.63) is 50.1 Å². The van der Waals surface area contributed by atoms with Gasteiger partial charge in [-0.15, -0.1) is 11.3 Å². The van der Waals surface area contributed by atoms with Gasteiger partial charge in [0, 0.05) is 24.3 Å². The Morgan fingerprint density at radius 2 is 2.15 bits per heavy atom. The molecule has 2 rings (SSSR count). The summed E-state index contributed by atoms with van der Waals surface area (Å²) in [5, 5.41) is 8.31. The third-order valence-corrected chi connectivity index (χ3v) is 4.50. The van der Waals surface area contributed by atoms with Crippen molar-refractivity contribution in [2.45, 2.75) is 20.4 Å².